The van der Waals surface area contributed by atoms with Crippen LogP contribution in [0.25, 0.3) is 21.9 Å². The van der Waals surface area contributed by atoms with Crippen molar-refractivity contribution in [1.29, 1.82) is 0 Å². The summed E-state index contributed by atoms with van der Waals surface area (Å²) in [7, 11) is 2.94. The molecule has 0 spiro atoms. The zero-order valence-corrected chi connectivity index (χ0v) is 27.5. The number of nitrogens with one attached hydrogen (secondary N) is 1. The number of esters is 2. The number of hydrogen-bond donors (Lipinski definition) is 3. The number of aliphatic hydroxyl groups is 1. The van der Waals surface area contributed by atoms with Crippen LogP contribution in [-0.4, -0.2) is 92.2 Å². The van der Waals surface area contributed by atoms with Crippen molar-refractivity contribution in [1.82, 2.24) is 5.48 Å². The molecule has 5 unspecified atom stereocenters. The molecule has 1 saturated heterocycles. The fraction of sp³-hybridized carbons (Fsp3) is 0.412. The van der Waals surface area contributed by atoms with Crippen LogP contribution in [0, 0.1) is 0 Å². The molecular formula is C34H35NO15. The summed E-state index contributed by atoms with van der Waals surface area (Å²) in [6, 6.07) is 7.63. The monoisotopic (exact) mass is 697 g/mol. The number of aldehydes is 1. The summed E-state index contributed by atoms with van der Waals surface area (Å²) in [5.41, 5.74) is 4.18. The van der Waals surface area contributed by atoms with Crippen molar-refractivity contribution >= 4 is 35.0 Å². The summed E-state index contributed by atoms with van der Waals surface area (Å²) in [6.07, 6.45) is -6.51. The van der Waals surface area contributed by atoms with Crippen LogP contribution in [0.1, 0.15) is 42.6 Å². The van der Waals surface area contributed by atoms with Crippen LogP contribution in [0.3, 0.4) is 0 Å². The van der Waals surface area contributed by atoms with Gasteiger partial charge in [-0.15, -0.1) is 0 Å². The molecule has 16 heteroatoms. The molecule has 1 fully saturated rings. The van der Waals surface area contributed by atoms with Crippen molar-refractivity contribution in [2.24, 2.45) is 0 Å². The molecule has 3 N–H and O–H groups in total. The molecule has 3 heterocycles. The lowest BCUT2D eigenvalue weighted by atomic mass is 9.89. The van der Waals surface area contributed by atoms with Gasteiger partial charge < -0.3 is 52.9 Å². The van der Waals surface area contributed by atoms with E-state index >= 15 is 0 Å². The van der Waals surface area contributed by atoms with Gasteiger partial charge in [-0.05, 0) is 48.6 Å². The number of hydrogen-bond acceptors (Lipinski definition) is 15. The molecule has 50 heavy (non-hydrogen) atoms. The third-order valence-corrected chi connectivity index (χ3v) is 8.55. The van der Waals surface area contributed by atoms with Gasteiger partial charge in [0.1, 0.15) is 24.7 Å². The smallest absolute Gasteiger partial charge is 0.339 e. The van der Waals surface area contributed by atoms with Gasteiger partial charge >= 0.3 is 17.9 Å². The van der Waals surface area contributed by atoms with Crippen molar-refractivity contribution in [3.8, 4) is 39.9 Å². The van der Waals surface area contributed by atoms with Gasteiger partial charge in [0, 0.05) is 29.9 Å². The van der Waals surface area contributed by atoms with E-state index in [1.807, 2.05) is 0 Å². The van der Waals surface area contributed by atoms with Gasteiger partial charge in [0.25, 0.3) is 0 Å². The fourth-order valence-electron chi connectivity index (χ4n) is 6.19. The van der Waals surface area contributed by atoms with E-state index in [9.17, 15) is 24.3 Å². The second kappa shape index (κ2) is 14.4. The van der Waals surface area contributed by atoms with Gasteiger partial charge in [-0.3, -0.25) is 14.4 Å². The Bertz CT molecular complexity index is 1830. The standard InChI is InChI=1S/C34H35NO15/c1-15-30(50-35-18(12-36)6-8-26(38)39)32(48-16(2)37)29(40)34(47-15)49-31-20-11-24(43-4)23(42-3)10-19(20)27(28-21(31)13-44-33(28)41)17-5-7-22-25(9-17)46-14-45-22/h5,7,9-12,15,18,29-30,32,34-35,40H,6,8,13-14H2,1-4H3,(H,38,39)/t15?,18-,29?,30?,32?,34?/m0/s1. The number of rotatable bonds is 13. The van der Waals surface area contributed by atoms with Crippen LogP contribution >= 0.6 is 0 Å². The zero-order chi connectivity index (χ0) is 35.7. The Morgan fingerprint density at radius 3 is 2.42 bits per heavy atom. The Labute approximate surface area is 284 Å². The number of cyclic esters (lactones) is 1. The number of fused-ring (bicyclic) bond motifs is 3. The lowest BCUT2D eigenvalue weighted by Gasteiger charge is -2.42. The number of hydroxylamine groups is 1. The summed E-state index contributed by atoms with van der Waals surface area (Å²) >= 11 is 0. The summed E-state index contributed by atoms with van der Waals surface area (Å²) in [5.74, 6) is -0.578. The molecule has 266 valence electrons. The molecular weight excluding hydrogens is 662 g/mol. The largest absolute Gasteiger partial charge is 0.493 e. The predicted molar refractivity (Wildman–Crippen MR) is 169 cm³/mol. The summed E-state index contributed by atoms with van der Waals surface area (Å²) in [4.78, 5) is 53.8. The van der Waals surface area contributed by atoms with Crippen LogP contribution in [0.4, 0.5) is 0 Å². The van der Waals surface area contributed by atoms with Gasteiger partial charge in [0.2, 0.25) is 13.1 Å². The number of benzene rings is 3. The molecule has 6 rings (SSSR count). The molecule has 3 aliphatic rings. The number of carboxylic acids is 1. The second-order valence-electron chi connectivity index (χ2n) is 11.7. The van der Waals surface area contributed by atoms with Crippen LogP contribution < -0.4 is 29.2 Å². The van der Waals surface area contributed by atoms with Crippen molar-refractivity contribution in [3.05, 3.63) is 41.5 Å². The number of ether oxygens (including phenoxy) is 8. The van der Waals surface area contributed by atoms with Gasteiger partial charge in [0.05, 0.1) is 31.9 Å². The Morgan fingerprint density at radius 1 is 1.02 bits per heavy atom. The minimum atomic E-state index is -1.66. The van der Waals surface area contributed by atoms with Crippen molar-refractivity contribution < 1.29 is 72.1 Å². The van der Waals surface area contributed by atoms with Crippen LogP contribution in [0.5, 0.6) is 28.7 Å². The Kier molecular flexibility index (Phi) is 9.97. The average Bonchev–Trinajstić information content (AvgIpc) is 3.73. The Morgan fingerprint density at radius 2 is 1.74 bits per heavy atom. The predicted octanol–water partition coefficient (Wildman–Crippen LogP) is 2.66. The highest BCUT2D eigenvalue weighted by molar-refractivity contribution is 6.14. The second-order valence-corrected chi connectivity index (χ2v) is 11.7. The number of carbonyl (C=O) groups excluding carboxylic acids is 3. The minimum absolute atomic E-state index is 0.0539. The first-order valence-corrected chi connectivity index (χ1v) is 15.6. The molecule has 6 atom stereocenters. The van der Waals surface area contributed by atoms with Crippen molar-refractivity contribution in [3.63, 3.8) is 0 Å². The maximum atomic E-state index is 13.4. The zero-order valence-electron chi connectivity index (χ0n) is 27.5. The summed E-state index contributed by atoms with van der Waals surface area (Å²) in [5, 5.41) is 21.5. The lowest BCUT2D eigenvalue weighted by Crippen LogP contribution is -2.61. The number of carboxylic acid groups (broad SMARTS) is 1. The van der Waals surface area contributed by atoms with Crippen LogP contribution in [0.15, 0.2) is 30.3 Å². The quantitative estimate of drug-likeness (QED) is 0.133. The maximum absolute atomic E-state index is 13.4. The Hall–Kier alpha value is -5.16. The number of carbonyl (C=O) groups is 4. The molecule has 0 saturated carbocycles. The van der Waals surface area contributed by atoms with E-state index in [1.54, 1.807) is 37.3 Å². The maximum Gasteiger partial charge on any atom is 0.339 e. The minimum Gasteiger partial charge on any atom is -0.493 e. The van der Waals surface area contributed by atoms with E-state index in [0.717, 1.165) is 6.92 Å². The van der Waals surface area contributed by atoms with Gasteiger partial charge in [-0.25, -0.2) is 4.79 Å². The first-order chi connectivity index (χ1) is 24.0. The third kappa shape index (κ3) is 6.57. The van der Waals surface area contributed by atoms with E-state index in [1.165, 1.54) is 14.2 Å². The molecule has 0 bridgehead atoms. The van der Waals surface area contributed by atoms with Gasteiger partial charge in [0.15, 0.2) is 35.2 Å². The molecule has 0 radical (unpaired) electrons. The lowest BCUT2D eigenvalue weighted by molar-refractivity contribution is -0.290. The van der Waals surface area contributed by atoms with E-state index in [-0.39, 0.29) is 37.6 Å². The van der Waals surface area contributed by atoms with E-state index < -0.39 is 54.7 Å². The van der Waals surface area contributed by atoms with E-state index in [4.69, 9.17) is 47.8 Å². The Balaban J connectivity index is 1.41. The number of aliphatic hydroxyl groups excluding tert-OH is 1. The molecule has 0 amide bonds. The number of methoxy groups -OCH3 is 2. The highest BCUT2D eigenvalue weighted by Gasteiger charge is 2.49. The number of aliphatic carboxylic acids is 1. The SMILES string of the molecule is COc1cc2c(OC3OC(C)C(ON[C@H](C=O)CCC(=O)O)C(OC(C)=O)C3O)c3c(c(-c4ccc5c(c4)OCO5)c2cc1OC)C(=O)OC3. The summed E-state index contributed by atoms with van der Waals surface area (Å²) in [6.45, 7) is 2.60. The normalized spacial score (nSPS) is 22.7. The third-order valence-electron chi connectivity index (χ3n) is 8.55. The molecule has 3 aromatic rings. The molecule has 3 aromatic carbocycles. The average molecular weight is 698 g/mol. The molecule has 0 aromatic heterocycles. The summed E-state index contributed by atoms with van der Waals surface area (Å²) < 4.78 is 45.8. The van der Waals surface area contributed by atoms with E-state index in [2.05, 4.69) is 5.48 Å². The van der Waals surface area contributed by atoms with Gasteiger partial charge in [-0.2, -0.15) is 5.48 Å². The van der Waals surface area contributed by atoms with Crippen LogP contribution in [-0.2, 0) is 40.0 Å². The first-order valence-electron chi connectivity index (χ1n) is 15.6. The highest BCUT2D eigenvalue weighted by Crippen LogP contribution is 2.50. The van der Waals surface area contributed by atoms with Crippen molar-refractivity contribution in [2.45, 2.75) is 70.0 Å². The first kappa shape index (κ1) is 34.7. The highest BCUT2D eigenvalue weighted by atomic mass is 16.7. The van der Waals surface area contributed by atoms with Gasteiger partial charge in [-0.1, -0.05) is 6.07 Å². The van der Waals surface area contributed by atoms with E-state index in [0.29, 0.717) is 56.7 Å². The van der Waals surface area contributed by atoms with Crippen molar-refractivity contribution in [2.75, 3.05) is 21.0 Å². The molecule has 0 aliphatic carbocycles. The topological polar surface area (TPSA) is 204 Å². The van der Waals surface area contributed by atoms with Crippen LogP contribution in [0.2, 0.25) is 0 Å². The molecule has 16 nitrogen and oxygen atoms in total. The molecule has 3 aliphatic heterocycles. The fourth-order valence-corrected chi connectivity index (χ4v) is 6.19.